The molecule has 0 radical (unpaired) electrons. The molecule has 1 aliphatic heterocycles. The number of hydrogen-bond donors (Lipinski definition) is 1. The van der Waals surface area contributed by atoms with E-state index in [4.69, 9.17) is 9.84 Å². The van der Waals surface area contributed by atoms with E-state index in [-0.39, 0.29) is 0 Å². The summed E-state index contributed by atoms with van der Waals surface area (Å²) in [5.74, 6) is 0.656. The summed E-state index contributed by atoms with van der Waals surface area (Å²) in [6.45, 7) is 7.50. The minimum atomic E-state index is 0.322. The monoisotopic (exact) mass is 187 g/mol. The summed E-state index contributed by atoms with van der Waals surface area (Å²) in [5, 5.41) is 8.85. The SMILES string of the molecule is CCC(CCO)CN1CCOCC1. The third-order valence-electron chi connectivity index (χ3n) is 2.73. The van der Waals surface area contributed by atoms with Crippen molar-refractivity contribution in [3.05, 3.63) is 0 Å². The van der Waals surface area contributed by atoms with Crippen molar-refractivity contribution >= 4 is 0 Å². The molecule has 0 aromatic rings. The maximum absolute atomic E-state index is 8.85. The Balaban J connectivity index is 2.18. The van der Waals surface area contributed by atoms with Gasteiger partial charge in [0.25, 0.3) is 0 Å². The minimum Gasteiger partial charge on any atom is -0.396 e. The van der Waals surface area contributed by atoms with Crippen LogP contribution in [0.2, 0.25) is 0 Å². The molecule has 0 spiro atoms. The zero-order valence-corrected chi connectivity index (χ0v) is 8.54. The van der Waals surface area contributed by atoms with Crippen molar-refractivity contribution in [3.63, 3.8) is 0 Å². The molecule has 1 N–H and O–H groups in total. The molecule has 0 amide bonds. The lowest BCUT2D eigenvalue weighted by Crippen LogP contribution is -2.39. The van der Waals surface area contributed by atoms with Crippen molar-refractivity contribution in [3.8, 4) is 0 Å². The van der Waals surface area contributed by atoms with Crippen molar-refractivity contribution in [2.75, 3.05) is 39.5 Å². The molecule has 3 heteroatoms. The fraction of sp³-hybridized carbons (Fsp3) is 1.00. The van der Waals surface area contributed by atoms with E-state index in [9.17, 15) is 0 Å². The highest BCUT2D eigenvalue weighted by molar-refractivity contribution is 4.67. The third-order valence-corrected chi connectivity index (χ3v) is 2.73. The Labute approximate surface area is 80.7 Å². The highest BCUT2D eigenvalue weighted by atomic mass is 16.5. The van der Waals surface area contributed by atoms with Crippen LogP contribution in [-0.4, -0.2) is 49.5 Å². The number of aliphatic hydroxyl groups is 1. The molecular weight excluding hydrogens is 166 g/mol. The van der Waals surface area contributed by atoms with Crippen molar-refractivity contribution in [2.45, 2.75) is 19.8 Å². The average Bonchev–Trinajstić information content (AvgIpc) is 2.19. The quantitative estimate of drug-likeness (QED) is 0.688. The smallest absolute Gasteiger partial charge is 0.0594 e. The van der Waals surface area contributed by atoms with E-state index in [1.165, 1.54) is 0 Å². The van der Waals surface area contributed by atoms with Crippen LogP contribution in [0.25, 0.3) is 0 Å². The van der Waals surface area contributed by atoms with Crippen LogP contribution in [0.15, 0.2) is 0 Å². The predicted octanol–water partition coefficient (Wildman–Crippen LogP) is 0.727. The number of ether oxygens (including phenoxy) is 1. The molecule has 1 rings (SSSR count). The van der Waals surface area contributed by atoms with Crippen LogP contribution >= 0.6 is 0 Å². The second-order valence-electron chi connectivity index (χ2n) is 3.70. The summed E-state index contributed by atoms with van der Waals surface area (Å²) >= 11 is 0. The van der Waals surface area contributed by atoms with Crippen LogP contribution < -0.4 is 0 Å². The Morgan fingerprint density at radius 2 is 2.08 bits per heavy atom. The molecular formula is C10H21NO2. The van der Waals surface area contributed by atoms with Gasteiger partial charge in [0.1, 0.15) is 0 Å². The topological polar surface area (TPSA) is 32.7 Å². The lowest BCUT2D eigenvalue weighted by molar-refractivity contribution is 0.0285. The van der Waals surface area contributed by atoms with E-state index in [0.717, 1.165) is 45.7 Å². The van der Waals surface area contributed by atoms with Gasteiger partial charge < -0.3 is 9.84 Å². The number of hydrogen-bond acceptors (Lipinski definition) is 3. The van der Waals surface area contributed by atoms with Gasteiger partial charge in [-0.15, -0.1) is 0 Å². The van der Waals surface area contributed by atoms with Gasteiger partial charge in [-0.25, -0.2) is 0 Å². The van der Waals surface area contributed by atoms with Crippen LogP contribution in [0.5, 0.6) is 0 Å². The summed E-state index contributed by atoms with van der Waals surface area (Å²) in [5.41, 5.74) is 0. The van der Waals surface area contributed by atoms with Gasteiger partial charge in [-0.05, 0) is 12.3 Å². The van der Waals surface area contributed by atoms with Gasteiger partial charge in [-0.2, -0.15) is 0 Å². The number of aliphatic hydroxyl groups excluding tert-OH is 1. The summed E-state index contributed by atoms with van der Waals surface area (Å²) in [7, 11) is 0. The molecule has 0 aromatic carbocycles. The van der Waals surface area contributed by atoms with Crippen molar-refractivity contribution in [1.29, 1.82) is 0 Å². The zero-order valence-electron chi connectivity index (χ0n) is 8.54. The number of morpholine rings is 1. The molecule has 78 valence electrons. The van der Waals surface area contributed by atoms with Gasteiger partial charge in [0, 0.05) is 26.2 Å². The van der Waals surface area contributed by atoms with E-state index in [1.54, 1.807) is 0 Å². The first-order valence-corrected chi connectivity index (χ1v) is 5.27. The fourth-order valence-corrected chi connectivity index (χ4v) is 1.76. The maximum Gasteiger partial charge on any atom is 0.0594 e. The summed E-state index contributed by atoms with van der Waals surface area (Å²) < 4.78 is 5.28. The molecule has 3 nitrogen and oxygen atoms in total. The Kier molecular flexibility index (Phi) is 5.35. The second-order valence-corrected chi connectivity index (χ2v) is 3.70. The standard InChI is InChI=1S/C10H21NO2/c1-2-10(3-6-12)9-11-4-7-13-8-5-11/h10,12H,2-9H2,1H3. The molecule has 1 atom stereocenters. The molecule has 0 bridgehead atoms. The largest absolute Gasteiger partial charge is 0.396 e. The van der Waals surface area contributed by atoms with Gasteiger partial charge in [0.05, 0.1) is 13.2 Å². The summed E-state index contributed by atoms with van der Waals surface area (Å²) in [6, 6.07) is 0. The molecule has 1 fully saturated rings. The van der Waals surface area contributed by atoms with Crippen LogP contribution in [0.3, 0.4) is 0 Å². The van der Waals surface area contributed by atoms with Crippen molar-refractivity contribution in [2.24, 2.45) is 5.92 Å². The Bertz CT molecular complexity index is 121. The van der Waals surface area contributed by atoms with Crippen molar-refractivity contribution < 1.29 is 9.84 Å². The molecule has 1 heterocycles. The molecule has 0 saturated carbocycles. The molecule has 1 unspecified atom stereocenters. The van der Waals surface area contributed by atoms with Gasteiger partial charge in [-0.1, -0.05) is 13.3 Å². The van der Waals surface area contributed by atoms with Crippen LogP contribution in [0.4, 0.5) is 0 Å². The van der Waals surface area contributed by atoms with E-state index < -0.39 is 0 Å². The maximum atomic E-state index is 8.85. The summed E-state index contributed by atoms with van der Waals surface area (Å²) in [4.78, 5) is 2.44. The van der Waals surface area contributed by atoms with E-state index in [1.807, 2.05) is 0 Å². The predicted molar refractivity (Wildman–Crippen MR) is 52.7 cm³/mol. The first-order valence-electron chi connectivity index (χ1n) is 5.27. The molecule has 1 saturated heterocycles. The highest BCUT2D eigenvalue weighted by Gasteiger charge is 2.14. The van der Waals surface area contributed by atoms with E-state index in [2.05, 4.69) is 11.8 Å². The number of rotatable bonds is 5. The molecule has 0 aliphatic carbocycles. The third kappa shape index (κ3) is 4.07. The van der Waals surface area contributed by atoms with E-state index in [0.29, 0.717) is 12.5 Å². The summed E-state index contributed by atoms with van der Waals surface area (Å²) in [6.07, 6.45) is 2.10. The van der Waals surface area contributed by atoms with Gasteiger partial charge in [0.15, 0.2) is 0 Å². The molecule has 0 aromatic heterocycles. The van der Waals surface area contributed by atoms with E-state index >= 15 is 0 Å². The van der Waals surface area contributed by atoms with Crippen molar-refractivity contribution in [1.82, 2.24) is 4.90 Å². The van der Waals surface area contributed by atoms with Gasteiger partial charge in [0.2, 0.25) is 0 Å². The number of nitrogens with zero attached hydrogens (tertiary/aromatic N) is 1. The average molecular weight is 187 g/mol. The van der Waals surface area contributed by atoms with Crippen LogP contribution in [0, 0.1) is 5.92 Å². The lowest BCUT2D eigenvalue weighted by Gasteiger charge is -2.29. The zero-order chi connectivity index (χ0) is 9.52. The highest BCUT2D eigenvalue weighted by Crippen LogP contribution is 2.10. The second kappa shape index (κ2) is 6.35. The first kappa shape index (κ1) is 11.0. The molecule has 1 aliphatic rings. The molecule has 13 heavy (non-hydrogen) atoms. The van der Waals surface area contributed by atoms with Gasteiger partial charge in [-0.3, -0.25) is 4.90 Å². The van der Waals surface area contributed by atoms with Crippen LogP contribution in [-0.2, 0) is 4.74 Å². The lowest BCUT2D eigenvalue weighted by atomic mass is 10.0. The Morgan fingerprint density at radius 3 is 2.62 bits per heavy atom. The minimum absolute atomic E-state index is 0.322. The Morgan fingerprint density at radius 1 is 1.38 bits per heavy atom. The normalized spacial score (nSPS) is 21.7. The first-order chi connectivity index (χ1) is 6.36. The Hall–Kier alpha value is -0.120. The fourth-order valence-electron chi connectivity index (χ4n) is 1.76. The van der Waals surface area contributed by atoms with Crippen LogP contribution in [0.1, 0.15) is 19.8 Å². The van der Waals surface area contributed by atoms with Gasteiger partial charge >= 0.3 is 0 Å².